The summed E-state index contributed by atoms with van der Waals surface area (Å²) in [6, 6.07) is 0. The van der Waals surface area contributed by atoms with Crippen molar-refractivity contribution < 1.29 is 58.1 Å². The minimum Gasteiger partial charge on any atom is -0.468 e. The number of esters is 2. The van der Waals surface area contributed by atoms with Crippen LogP contribution in [0.25, 0.3) is 0 Å². The molecule has 7 fully saturated rings. The van der Waals surface area contributed by atoms with E-state index in [0.29, 0.717) is 13.0 Å². The highest BCUT2D eigenvalue weighted by Crippen LogP contribution is 2.77. The first-order valence-corrected chi connectivity index (χ1v) is 14.2. The SMILES string of the molecule is COC(=O)C(=O)C1[C@]2(C)C3[C@@H](OC[C@]3(C(=O)OC)[C@H](O)C[C@@H]2O)[C@H]2O[C@]3(C)C4C[C@@H](OC5OCCC54)[C@]3(O)[C@@]12C. The molecule has 5 unspecified atom stereocenters. The quantitative estimate of drug-likeness (QED) is 0.292. The Bertz CT molecular complexity index is 1170. The van der Waals surface area contributed by atoms with Crippen LogP contribution in [0.15, 0.2) is 0 Å². The Hall–Kier alpha value is -1.67. The van der Waals surface area contributed by atoms with E-state index in [9.17, 15) is 29.7 Å². The average Bonchev–Trinajstić information content (AvgIpc) is 3.65. The molecule has 3 saturated carbocycles. The summed E-state index contributed by atoms with van der Waals surface area (Å²) in [5, 5.41) is 36.1. The van der Waals surface area contributed by atoms with E-state index < -0.39 is 93.8 Å². The summed E-state index contributed by atoms with van der Waals surface area (Å²) in [5.41, 5.74) is -7.72. The number of hydrogen-bond donors (Lipinski definition) is 3. The summed E-state index contributed by atoms with van der Waals surface area (Å²) in [6.45, 7) is 5.46. The van der Waals surface area contributed by atoms with Crippen molar-refractivity contribution in [1.82, 2.24) is 0 Å². The number of rotatable bonds is 3. The smallest absolute Gasteiger partial charge is 0.374 e. The second-order valence-electron chi connectivity index (χ2n) is 13.6. The number of fused-ring (bicyclic) bond motifs is 10. The number of aliphatic hydroxyl groups excluding tert-OH is 2. The van der Waals surface area contributed by atoms with E-state index in [0.717, 1.165) is 13.5 Å². The molecule has 7 aliphatic rings. The van der Waals surface area contributed by atoms with Gasteiger partial charge in [0.2, 0.25) is 5.78 Å². The molecule has 0 aromatic rings. The van der Waals surface area contributed by atoms with Crippen LogP contribution < -0.4 is 0 Å². The topological polar surface area (TPSA) is 167 Å². The van der Waals surface area contributed by atoms with Gasteiger partial charge in [-0.2, -0.15) is 0 Å². The molecule has 4 aliphatic heterocycles. The highest BCUT2D eigenvalue weighted by atomic mass is 16.7. The van der Waals surface area contributed by atoms with Crippen LogP contribution in [0.2, 0.25) is 0 Å². The van der Waals surface area contributed by atoms with Crippen molar-refractivity contribution in [3.63, 3.8) is 0 Å². The van der Waals surface area contributed by atoms with Gasteiger partial charge in [0.15, 0.2) is 6.29 Å². The molecule has 222 valence electrons. The average molecular weight is 567 g/mol. The van der Waals surface area contributed by atoms with Gasteiger partial charge in [-0.05, 0) is 19.8 Å². The highest BCUT2D eigenvalue weighted by molar-refractivity contribution is 6.35. The molecule has 0 aromatic heterocycles. The van der Waals surface area contributed by atoms with Gasteiger partial charge < -0.3 is 43.7 Å². The van der Waals surface area contributed by atoms with Crippen LogP contribution in [0.1, 0.15) is 40.0 Å². The van der Waals surface area contributed by atoms with E-state index in [2.05, 4.69) is 0 Å². The highest BCUT2D eigenvalue weighted by Gasteiger charge is 2.90. The van der Waals surface area contributed by atoms with Crippen molar-refractivity contribution in [1.29, 1.82) is 0 Å². The van der Waals surface area contributed by atoms with Gasteiger partial charge in [-0.25, -0.2) is 4.79 Å². The van der Waals surface area contributed by atoms with Gasteiger partial charge in [0.05, 0.1) is 58.0 Å². The van der Waals surface area contributed by atoms with Gasteiger partial charge in [0, 0.05) is 40.9 Å². The van der Waals surface area contributed by atoms with Crippen LogP contribution >= 0.6 is 0 Å². The molecule has 0 spiro atoms. The molecule has 3 N–H and O–H groups in total. The number of ketones is 1. The van der Waals surface area contributed by atoms with Crippen molar-refractivity contribution in [2.45, 2.75) is 88.0 Å². The molecule has 40 heavy (non-hydrogen) atoms. The van der Waals surface area contributed by atoms with Gasteiger partial charge in [0.1, 0.15) is 16.6 Å². The molecule has 3 aliphatic carbocycles. The van der Waals surface area contributed by atoms with E-state index in [1.807, 2.05) is 6.92 Å². The summed E-state index contributed by atoms with van der Waals surface area (Å²) in [6.07, 6.45) is -4.96. The van der Waals surface area contributed by atoms with Crippen LogP contribution in [0.4, 0.5) is 0 Å². The summed E-state index contributed by atoms with van der Waals surface area (Å²) in [5.74, 6) is -5.40. The van der Waals surface area contributed by atoms with Crippen molar-refractivity contribution >= 4 is 17.7 Å². The van der Waals surface area contributed by atoms with E-state index >= 15 is 0 Å². The summed E-state index contributed by atoms with van der Waals surface area (Å²) >= 11 is 0. The minimum absolute atomic E-state index is 0.0438. The number of methoxy groups -OCH3 is 2. The van der Waals surface area contributed by atoms with E-state index in [-0.39, 0.29) is 24.9 Å². The Labute approximate surface area is 231 Å². The lowest BCUT2D eigenvalue weighted by Gasteiger charge is -2.65. The lowest BCUT2D eigenvalue weighted by Crippen LogP contribution is -2.77. The number of Topliss-reactive ketones (excluding diaryl/α,β-unsaturated/α-hetero) is 1. The third kappa shape index (κ3) is 2.55. The Morgan fingerprint density at radius 1 is 0.975 bits per heavy atom. The Morgan fingerprint density at radius 3 is 2.38 bits per heavy atom. The van der Waals surface area contributed by atoms with Gasteiger partial charge in [-0.1, -0.05) is 13.8 Å². The second-order valence-corrected chi connectivity index (χ2v) is 13.6. The predicted molar refractivity (Wildman–Crippen MR) is 130 cm³/mol. The van der Waals surface area contributed by atoms with Crippen molar-refractivity contribution in [3.05, 3.63) is 0 Å². The fourth-order valence-electron chi connectivity index (χ4n) is 11.1. The third-order valence-corrected chi connectivity index (χ3v) is 12.6. The molecular weight excluding hydrogens is 528 g/mol. The van der Waals surface area contributed by atoms with Crippen LogP contribution in [-0.4, -0.2) is 108 Å². The molecule has 15 atom stereocenters. The molecule has 0 radical (unpaired) electrons. The van der Waals surface area contributed by atoms with Crippen LogP contribution in [-0.2, 0) is 42.8 Å². The molecule has 2 bridgehead atoms. The summed E-state index contributed by atoms with van der Waals surface area (Å²) in [4.78, 5) is 40.7. The Morgan fingerprint density at radius 2 is 1.70 bits per heavy atom. The first-order chi connectivity index (χ1) is 18.8. The first kappa shape index (κ1) is 27.2. The van der Waals surface area contributed by atoms with Gasteiger partial charge in [-0.15, -0.1) is 0 Å². The van der Waals surface area contributed by atoms with Gasteiger partial charge >= 0.3 is 11.9 Å². The summed E-state index contributed by atoms with van der Waals surface area (Å²) < 4.78 is 35.6. The molecule has 0 amide bonds. The zero-order chi connectivity index (χ0) is 28.8. The Balaban J connectivity index is 1.49. The fourth-order valence-corrected chi connectivity index (χ4v) is 11.1. The fraction of sp³-hybridized carbons (Fsp3) is 0.893. The number of ether oxygens (including phenoxy) is 6. The van der Waals surface area contributed by atoms with Crippen molar-refractivity contribution in [3.8, 4) is 0 Å². The zero-order valence-electron chi connectivity index (χ0n) is 23.3. The molecule has 7 rings (SSSR count). The van der Waals surface area contributed by atoms with E-state index in [1.54, 1.807) is 13.8 Å². The summed E-state index contributed by atoms with van der Waals surface area (Å²) in [7, 11) is 2.31. The zero-order valence-corrected chi connectivity index (χ0v) is 23.3. The molecule has 0 aromatic carbocycles. The van der Waals surface area contributed by atoms with Crippen LogP contribution in [0, 0.1) is 39.9 Å². The number of carbonyl (C=O) groups excluding carboxylic acids is 3. The number of aliphatic hydroxyl groups is 3. The molecular formula is C28H38O12. The predicted octanol–water partition coefficient (Wildman–Crippen LogP) is -0.659. The minimum atomic E-state index is -1.80. The third-order valence-electron chi connectivity index (χ3n) is 12.6. The van der Waals surface area contributed by atoms with E-state index in [4.69, 9.17) is 28.4 Å². The van der Waals surface area contributed by atoms with Gasteiger partial charge in [0.25, 0.3) is 0 Å². The normalized spacial score (nSPS) is 58.9. The number of carbonyl (C=O) groups is 3. The lowest BCUT2D eigenvalue weighted by atomic mass is 9.37. The maximum atomic E-state index is 14.2. The van der Waals surface area contributed by atoms with Crippen LogP contribution in [0.3, 0.4) is 0 Å². The maximum absolute atomic E-state index is 14.2. The van der Waals surface area contributed by atoms with Crippen molar-refractivity contribution in [2.75, 3.05) is 27.4 Å². The lowest BCUT2D eigenvalue weighted by molar-refractivity contribution is -0.281. The van der Waals surface area contributed by atoms with Gasteiger partial charge in [-0.3, -0.25) is 9.59 Å². The number of hydrogen-bond acceptors (Lipinski definition) is 12. The second kappa shape index (κ2) is 8.03. The molecule has 12 nitrogen and oxygen atoms in total. The van der Waals surface area contributed by atoms with E-state index in [1.165, 1.54) is 7.11 Å². The largest absolute Gasteiger partial charge is 0.468 e. The Kier molecular flexibility index (Phi) is 5.46. The first-order valence-electron chi connectivity index (χ1n) is 14.2. The molecule has 12 heteroatoms. The molecule has 4 heterocycles. The monoisotopic (exact) mass is 566 g/mol. The van der Waals surface area contributed by atoms with Crippen LogP contribution in [0.5, 0.6) is 0 Å². The van der Waals surface area contributed by atoms with Crippen molar-refractivity contribution in [2.24, 2.45) is 39.9 Å². The standard InChI is InChI=1S/C28H38O12/c1-24-13(29)9-14(30)27(23(33)36-5)10-38-17(19(24)27)20-25(2,18(24)16(31)21(32)35-4)28(34)15-8-12(26(28,3)40-20)11-6-7-37-22(11)39-15/h11-15,17-20,22,29-30,34H,6-10H2,1-5H3/t11?,12?,13-,14+,15+,17+,18?,19?,20+,22?,24+,25-,26+,27-,28-/m0/s1. The molecule has 4 saturated heterocycles. The maximum Gasteiger partial charge on any atom is 0.374 e.